The van der Waals surface area contributed by atoms with Gasteiger partial charge in [0.1, 0.15) is 0 Å². The minimum atomic E-state index is -0.150. The summed E-state index contributed by atoms with van der Waals surface area (Å²) in [6.45, 7) is 1.08. The Morgan fingerprint density at radius 1 is 1.04 bits per heavy atom. The van der Waals surface area contributed by atoms with Crippen LogP contribution in [-0.4, -0.2) is 20.9 Å². The van der Waals surface area contributed by atoms with Crippen molar-refractivity contribution in [3.8, 4) is 0 Å². The molecule has 116 valence electrons. The lowest BCUT2D eigenvalue weighted by molar-refractivity contribution is 0.207. The van der Waals surface area contributed by atoms with Crippen LogP contribution in [0.2, 0.25) is 0 Å². The molecule has 0 unspecified atom stereocenters. The number of urea groups is 1. The van der Waals surface area contributed by atoms with Crippen LogP contribution in [0.3, 0.4) is 0 Å². The zero-order valence-corrected chi connectivity index (χ0v) is 13.2. The normalized spacial score (nSPS) is 10.3. The fraction of sp³-hybridized carbons (Fsp3) is 0.118. The summed E-state index contributed by atoms with van der Waals surface area (Å²) in [5.41, 5.74) is 1.72. The lowest BCUT2D eigenvalue weighted by atomic mass is 10.2. The second-order valence-corrected chi connectivity index (χ2v) is 5.99. The summed E-state index contributed by atoms with van der Waals surface area (Å²) in [5, 5.41) is 4.90. The number of carbonyl (C=O) groups excluding carboxylic acids is 1. The summed E-state index contributed by atoms with van der Waals surface area (Å²) >= 11 is 1.64. The molecular weight excluding hydrogens is 308 g/mol. The predicted molar refractivity (Wildman–Crippen MR) is 91.1 cm³/mol. The predicted octanol–water partition coefficient (Wildman–Crippen LogP) is 3.77. The molecule has 0 radical (unpaired) electrons. The molecule has 1 N–H and O–H groups in total. The van der Waals surface area contributed by atoms with Gasteiger partial charge in [-0.1, -0.05) is 6.07 Å². The van der Waals surface area contributed by atoms with Crippen LogP contribution in [0.1, 0.15) is 10.4 Å². The van der Waals surface area contributed by atoms with Crippen molar-refractivity contribution >= 4 is 23.1 Å². The molecule has 23 heavy (non-hydrogen) atoms. The van der Waals surface area contributed by atoms with E-state index in [4.69, 9.17) is 0 Å². The van der Waals surface area contributed by atoms with Crippen LogP contribution < -0.4 is 5.32 Å². The van der Waals surface area contributed by atoms with Gasteiger partial charge in [-0.3, -0.25) is 9.97 Å². The summed E-state index contributed by atoms with van der Waals surface area (Å²) < 4.78 is 0. The summed E-state index contributed by atoms with van der Waals surface area (Å²) in [7, 11) is 0. The lowest BCUT2D eigenvalue weighted by Crippen LogP contribution is -2.33. The number of carbonyl (C=O) groups is 1. The van der Waals surface area contributed by atoms with Crippen molar-refractivity contribution in [2.45, 2.75) is 13.1 Å². The second kappa shape index (κ2) is 7.51. The maximum absolute atomic E-state index is 12.6. The van der Waals surface area contributed by atoms with Gasteiger partial charge in [0, 0.05) is 30.0 Å². The van der Waals surface area contributed by atoms with Crippen molar-refractivity contribution < 1.29 is 4.79 Å². The number of hydrogen-bond acceptors (Lipinski definition) is 4. The van der Waals surface area contributed by atoms with Gasteiger partial charge >= 0.3 is 6.03 Å². The minimum absolute atomic E-state index is 0.150. The van der Waals surface area contributed by atoms with E-state index in [1.807, 2.05) is 35.7 Å². The number of pyridine rings is 2. The molecule has 0 fully saturated rings. The third kappa shape index (κ3) is 4.37. The molecule has 0 aliphatic carbocycles. The molecular formula is C17H16N4OS. The highest BCUT2D eigenvalue weighted by Crippen LogP contribution is 2.16. The van der Waals surface area contributed by atoms with Crippen LogP contribution in [-0.2, 0) is 13.1 Å². The van der Waals surface area contributed by atoms with Gasteiger partial charge in [0.2, 0.25) is 0 Å². The van der Waals surface area contributed by atoms with Gasteiger partial charge in [-0.05, 0) is 41.3 Å². The Kier molecular flexibility index (Phi) is 4.95. The molecule has 0 aliphatic rings. The molecule has 5 nitrogen and oxygen atoms in total. The van der Waals surface area contributed by atoms with Gasteiger partial charge in [-0.15, -0.1) is 11.3 Å². The van der Waals surface area contributed by atoms with E-state index in [0.717, 1.165) is 10.4 Å². The number of hydrogen-bond donors (Lipinski definition) is 1. The van der Waals surface area contributed by atoms with Gasteiger partial charge in [0.25, 0.3) is 0 Å². The third-order valence-electron chi connectivity index (χ3n) is 3.25. The lowest BCUT2D eigenvalue weighted by Gasteiger charge is -2.22. The molecule has 3 aromatic heterocycles. The van der Waals surface area contributed by atoms with Gasteiger partial charge in [-0.2, -0.15) is 0 Å². The molecule has 0 saturated carbocycles. The maximum Gasteiger partial charge on any atom is 0.322 e. The molecule has 0 aromatic carbocycles. The number of nitrogens with one attached hydrogen (secondary N) is 1. The van der Waals surface area contributed by atoms with Crippen molar-refractivity contribution in [3.63, 3.8) is 0 Å². The van der Waals surface area contributed by atoms with Gasteiger partial charge in [0.15, 0.2) is 0 Å². The Labute approximate surface area is 138 Å². The van der Waals surface area contributed by atoms with E-state index in [2.05, 4.69) is 15.3 Å². The van der Waals surface area contributed by atoms with E-state index in [1.54, 1.807) is 47.1 Å². The first-order valence-electron chi connectivity index (χ1n) is 7.18. The van der Waals surface area contributed by atoms with Crippen LogP contribution >= 0.6 is 11.3 Å². The topological polar surface area (TPSA) is 58.1 Å². The first-order valence-corrected chi connectivity index (χ1v) is 8.06. The Morgan fingerprint density at radius 3 is 2.61 bits per heavy atom. The average Bonchev–Trinajstić information content (AvgIpc) is 3.09. The number of amides is 2. The SMILES string of the molecule is O=C(Nc1cccnc1)N(Cc1ccncc1)Cc1cccs1. The van der Waals surface area contributed by atoms with Crippen LogP contribution in [0.5, 0.6) is 0 Å². The zero-order valence-electron chi connectivity index (χ0n) is 12.4. The van der Waals surface area contributed by atoms with Crippen molar-refractivity contribution in [3.05, 3.63) is 77.0 Å². The molecule has 2 amide bonds. The van der Waals surface area contributed by atoms with Crippen molar-refractivity contribution in [1.29, 1.82) is 0 Å². The Balaban J connectivity index is 1.75. The van der Waals surface area contributed by atoms with E-state index >= 15 is 0 Å². The zero-order chi connectivity index (χ0) is 15.9. The van der Waals surface area contributed by atoms with Gasteiger partial charge in [0.05, 0.1) is 18.4 Å². The highest BCUT2D eigenvalue weighted by Gasteiger charge is 2.15. The standard InChI is InChI=1S/C17H16N4OS/c22-17(20-15-3-1-7-19-11-15)21(13-16-4-2-10-23-16)12-14-5-8-18-9-6-14/h1-11H,12-13H2,(H,20,22). The van der Waals surface area contributed by atoms with E-state index in [0.29, 0.717) is 18.8 Å². The largest absolute Gasteiger partial charge is 0.322 e. The Morgan fingerprint density at radius 2 is 1.91 bits per heavy atom. The maximum atomic E-state index is 12.6. The van der Waals surface area contributed by atoms with Crippen molar-refractivity contribution in [1.82, 2.24) is 14.9 Å². The number of aromatic nitrogens is 2. The van der Waals surface area contributed by atoms with E-state index in [1.165, 1.54) is 0 Å². The summed E-state index contributed by atoms with van der Waals surface area (Å²) in [6, 6.07) is 11.3. The second-order valence-electron chi connectivity index (χ2n) is 4.96. The van der Waals surface area contributed by atoms with E-state index in [9.17, 15) is 4.79 Å². The van der Waals surface area contributed by atoms with Gasteiger partial charge < -0.3 is 10.2 Å². The third-order valence-corrected chi connectivity index (χ3v) is 4.11. The Hall–Kier alpha value is -2.73. The number of thiophene rings is 1. The quantitative estimate of drug-likeness (QED) is 0.777. The molecule has 0 aliphatic heterocycles. The van der Waals surface area contributed by atoms with Crippen LogP contribution in [0, 0.1) is 0 Å². The fourth-order valence-corrected chi connectivity index (χ4v) is 2.86. The van der Waals surface area contributed by atoms with Crippen LogP contribution in [0.4, 0.5) is 10.5 Å². The van der Waals surface area contributed by atoms with E-state index < -0.39 is 0 Å². The first-order chi connectivity index (χ1) is 11.3. The summed E-state index contributed by atoms with van der Waals surface area (Å²) in [6.07, 6.45) is 6.78. The molecule has 3 aromatic rings. The molecule has 0 atom stereocenters. The van der Waals surface area contributed by atoms with Gasteiger partial charge in [-0.25, -0.2) is 4.79 Å². The Bertz CT molecular complexity index is 732. The summed E-state index contributed by atoms with van der Waals surface area (Å²) in [4.78, 5) is 23.6. The highest BCUT2D eigenvalue weighted by atomic mass is 32.1. The van der Waals surface area contributed by atoms with Crippen LogP contribution in [0.15, 0.2) is 66.6 Å². The minimum Gasteiger partial charge on any atom is -0.315 e. The molecule has 0 bridgehead atoms. The van der Waals surface area contributed by atoms with Crippen LogP contribution in [0.25, 0.3) is 0 Å². The smallest absolute Gasteiger partial charge is 0.315 e. The number of rotatable bonds is 5. The number of anilines is 1. The molecule has 0 saturated heterocycles. The molecule has 0 spiro atoms. The highest BCUT2D eigenvalue weighted by molar-refractivity contribution is 7.09. The van der Waals surface area contributed by atoms with E-state index in [-0.39, 0.29) is 6.03 Å². The first kappa shape index (κ1) is 15.2. The molecule has 6 heteroatoms. The van der Waals surface area contributed by atoms with Crippen molar-refractivity contribution in [2.75, 3.05) is 5.32 Å². The number of nitrogens with zero attached hydrogens (tertiary/aromatic N) is 3. The molecule has 3 heterocycles. The monoisotopic (exact) mass is 324 g/mol. The average molecular weight is 324 g/mol. The molecule has 3 rings (SSSR count). The fourth-order valence-electron chi connectivity index (χ4n) is 2.14. The van der Waals surface area contributed by atoms with Crippen molar-refractivity contribution in [2.24, 2.45) is 0 Å². The summed E-state index contributed by atoms with van der Waals surface area (Å²) in [5.74, 6) is 0.